The van der Waals surface area contributed by atoms with Crippen LogP contribution in [0.3, 0.4) is 0 Å². The van der Waals surface area contributed by atoms with Gasteiger partial charge in [0.05, 0.1) is 41.8 Å². The molecule has 154 valence electrons. The van der Waals surface area contributed by atoms with E-state index in [0.717, 1.165) is 24.2 Å². The Morgan fingerprint density at radius 3 is 2.90 bits per heavy atom. The first kappa shape index (κ1) is 19.9. The minimum atomic E-state index is -1.38. The van der Waals surface area contributed by atoms with Crippen LogP contribution in [0.1, 0.15) is 37.4 Å². The van der Waals surface area contributed by atoms with E-state index in [0.29, 0.717) is 31.9 Å². The van der Waals surface area contributed by atoms with E-state index in [1.807, 2.05) is 11.6 Å². The van der Waals surface area contributed by atoms with E-state index in [4.69, 9.17) is 21.6 Å². The van der Waals surface area contributed by atoms with E-state index in [1.165, 1.54) is 6.20 Å². The molecular formula is C19H23ClFN7O. The van der Waals surface area contributed by atoms with Crippen LogP contribution in [-0.2, 0) is 0 Å². The van der Waals surface area contributed by atoms with Gasteiger partial charge in [-0.2, -0.15) is 15.3 Å². The monoisotopic (exact) mass is 419 g/mol. The number of hydrogen-bond acceptors (Lipinski definition) is 7. The van der Waals surface area contributed by atoms with Gasteiger partial charge in [-0.15, -0.1) is 0 Å². The molecule has 0 amide bonds. The molecule has 3 heterocycles. The van der Waals surface area contributed by atoms with Gasteiger partial charge in [0.2, 0.25) is 11.8 Å². The lowest BCUT2D eigenvalue weighted by molar-refractivity contribution is 0.0520. The van der Waals surface area contributed by atoms with E-state index < -0.39 is 5.67 Å². The lowest BCUT2D eigenvalue weighted by atomic mass is 9.81. The largest absolute Gasteiger partial charge is 0.473 e. The predicted molar refractivity (Wildman–Crippen MR) is 106 cm³/mol. The molecule has 10 heteroatoms. The van der Waals surface area contributed by atoms with Crippen LogP contribution in [0.5, 0.6) is 5.88 Å². The van der Waals surface area contributed by atoms with Gasteiger partial charge in [0, 0.05) is 0 Å². The molecule has 0 aromatic carbocycles. The summed E-state index contributed by atoms with van der Waals surface area (Å²) in [5, 5.41) is 19.9. The molecule has 4 rings (SSSR count). The molecule has 0 atom stereocenters. The highest BCUT2D eigenvalue weighted by Crippen LogP contribution is 2.38. The normalized spacial score (nSPS) is 23.1. The van der Waals surface area contributed by atoms with Crippen molar-refractivity contribution in [2.45, 2.75) is 44.3 Å². The Morgan fingerprint density at radius 2 is 2.17 bits per heavy atom. The molecule has 29 heavy (non-hydrogen) atoms. The molecule has 2 aliphatic rings. The molecule has 2 aromatic rings. The van der Waals surface area contributed by atoms with Crippen LogP contribution in [0, 0.1) is 24.2 Å². The van der Waals surface area contributed by atoms with Gasteiger partial charge in [0.25, 0.3) is 0 Å². The smallest absolute Gasteiger partial charge is 0.237 e. The van der Waals surface area contributed by atoms with Crippen molar-refractivity contribution in [1.82, 2.24) is 25.1 Å². The van der Waals surface area contributed by atoms with Gasteiger partial charge in [-0.1, -0.05) is 11.6 Å². The van der Waals surface area contributed by atoms with Crippen molar-refractivity contribution in [3.8, 4) is 11.9 Å². The molecule has 1 aliphatic carbocycles. The summed E-state index contributed by atoms with van der Waals surface area (Å²) in [6.45, 7) is 3.11. The quantitative estimate of drug-likeness (QED) is 0.740. The molecule has 0 unspecified atom stereocenters. The van der Waals surface area contributed by atoms with Crippen LogP contribution in [0.2, 0.25) is 5.02 Å². The van der Waals surface area contributed by atoms with Crippen molar-refractivity contribution in [3.63, 3.8) is 0 Å². The Balaban J connectivity index is 1.43. The summed E-state index contributed by atoms with van der Waals surface area (Å²) < 4.78 is 22.3. The molecule has 0 radical (unpaired) electrons. The fraction of sp³-hybridized carbons (Fsp3) is 0.579. The Kier molecular flexibility index (Phi) is 5.56. The fourth-order valence-electron chi connectivity index (χ4n) is 3.66. The zero-order chi connectivity index (χ0) is 20.4. The Morgan fingerprint density at radius 1 is 1.41 bits per heavy atom. The van der Waals surface area contributed by atoms with Crippen LogP contribution >= 0.6 is 11.6 Å². The molecule has 2 N–H and O–H groups in total. The standard InChI is InChI=1S/C19H23ClFN7O/c1-12-16(10-25-28(12)14-6-13(7-14)8-22)26-18-24-9-15(20)17(27-18)29-11-19(21)2-4-23-5-3-19/h9-10,13-14,23H,2-7,11H2,1H3,(H,24,26,27). The maximum Gasteiger partial charge on any atom is 0.237 e. The number of ether oxygens (including phenoxy) is 1. The van der Waals surface area contributed by atoms with Crippen molar-refractivity contribution < 1.29 is 9.13 Å². The van der Waals surface area contributed by atoms with Gasteiger partial charge in [-0.05, 0) is 45.7 Å². The van der Waals surface area contributed by atoms with Gasteiger partial charge in [0.1, 0.15) is 17.3 Å². The highest BCUT2D eigenvalue weighted by atomic mass is 35.5. The number of rotatable bonds is 6. The maximum absolute atomic E-state index is 14.8. The molecule has 1 aliphatic heterocycles. The summed E-state index contributed by atoms with van der Waals surface area (Å²) in [6.07, 6.45) is 5.56. The lowest BCUT2D eigenvalue weighted by Crippen LogP contribution is -2.42. The second kappa shape index (κ2) is 8.13. The average Bonchev–Trinajstić information content (AvgIpc) is 3.02. The molecule has 1 saturated heterocycles. The topological polar surface area (TPSA) is 101 Å². The second-order valence-electron chi connectivity index (χ2n) is 7.70. The summed E-state index contributed by atoms with van der Waals surface area (Å²) in [5.74, 6) is 0.562. The van der Waals surface area contributed by atoms with Crippen LogP contribution in [-0.4, -0.2) is 45.1 Å². The second-order valence-corrected chi connectivity index (χ2v) is 8.11. The fourth-order valence-corrected chi connectivity index (χ4v) is 3.80. The minimum Gasteiger partial charge on any atom is -0.473 e. The summed E-state index contributed by atoms with van der Waals surface area (Å²) in [4.78, 5) is 8.48. The lowest BCUT2D eigenvalue weighted by Gasteiger charge is -2.31. The number of piperidine rings is 1. The number of hydrogen-bond donors (Lipinski definition) is 2. The van der Waals surface area contributed by atoms with E-state index in [-0.39, 0.29) is 29.5 Å². The zero-order valence-electron chi connectivity index (χ0n) is 16.2. The number of nitrogens with one attached hydrogen (secondary N) is 2. The summed E-state index contributed by atoms with van der Waals surface area (Å²) in [5.41, 5.74) is 0.318. The summed E-state index contributed by atoms with van der Waals surface area (Å²) >= 11 is 6.14. The van der Waals surface area contributed by atoms with Crippen molar-refractivity contribution in [1.29, 1.82) is 5.26 Å². The molecule has 1 saturated carbocycles. The zero-order valence-corrected chi connectivity index (χ0v) is 16.9. The van der Waals surface area contributed by atoms with Gasteiger partial charge < -0.3 is 15.4 Å². The Bertz CT molecular complexity index is 916. The number of nitriles is 1. The number of alkyl halides is 1. The van der Waals surface area contributed by atoms with E-state index in [1.54, 1.807) is 6.20 Å². The molecule has 0 spiro atoms. The first-order valence-corrected chi connectivity index (χ1v) is 10.1. The third-order valence-electron chi connectivity index (χ3n) is 5.61. The molecule has 2 aromatic heterocycles. The van der Waals surface area contributed by atoms with E-state index in [2.05, 4.69) is 31.8 Å². The number of aromatic nitrogens is 4. The Hall–Kier alpha value is -2.44. The predicted octanol–water partition coefficient (Wildman–Crippen LogP) is 3.32. The molecule has 2 fully saturated rings. The molecule has 8 nitrogen and oxygen atoms in total. The van der Waals surface area contributed by atoms with E-state index >= 15 is 0 Å². The van der Waals surface area contributed by atoms with E-state index in [9.17, 15) is 4.39 Å². The van der Waals surface area contributed by atoms with Crippen molar-refractivity contribution in [3.05, 3.63) is 23.1 Å². The van der Waals surface area contributed by atoms with Crippen LogP contribution < -0.4 is 15.4 Å². The number of nitrogens with zero attached hydrogens (tertiary/aromatic N) is 5. The minimum absolute atomic E-state index is 0.0937. The van der Waals surface area contributed by atoms with Gasteiger partial charge in [-0.3, -0.25) is 4.68 Å². The highest BCUT2D eigenvalue weighted by Gasteiger charge is 2.33. The van der Waals surface area contributed by atoms with Crippen molar-refractivity contribution in [2.75, 3.05) is 25.0 Å². The Labute approximate surface area is 173 Å². The van der Waals surface area contributed by atoms with Gasteiger partial charge in [0.15, 0.2) is 0 Å². The third-order valence-corrected chi connectivity index (χ3v) is 5.87. The first-order valence-electron chi connectivity index (χ1n) is 9.73. The first-order chi connectivity index (χ1) is 14.0. The summed E-state index contributed by atoms with van der Waals surface area (Å²) in [6, 6.07) is 2.53. The van der Waals surface area contributed by atoms with Crippen LogP contribution in [0.4, 0.5) is 16.0 Å². The molecular weight excluding hydrogens is 397 g/mol. The number of anilines is 2. The third kappa shape index (κ3) is 4.28. The SMILES string of the molecule is Cc1c(Nc2ncc(Cl)c(OCC3(F)CCNCC3)n2)cnn1C1CC(C#N)C1. The molecule has 0 bridgehead atoms. The highest BCUT2D eigenvalue weighted by molar-refractivity contribution is 6.31. The van der Waals surface area contributed by atoms with Crippen LogP contribution in [0.15, 0.2) is 12.4 Å². The number of halogens is 2. The van der Waals surface area contributed by atoms with Crippen molar-refractivity contribution >= 4 is 23.2 Å². The van der Waals surface area contributed by atoms with Crippen LogP contribution in [0.25, 0.3) is 0 Å². The maximum atomic E-state index is 14.8. The van der Waals surface area contributed by atoms with Crippen molar-refractivity contribution in [2.24, 2.45) is 5.92 Å². The summed E-state index contributed by atoms with van der Waals surface area (Å²) in [7, 11) is 0. The average molecular weight is 420 g/mol. The van der Waals surface area contributed by atoms with Gasteiger partial charge in [-0.25, -0.2) is 9.37 Å². The van der Waals surface area contributed by atoms with Gasteiger partial charge >= 0.3 is 0 Å².